The quantitative estimate of drug-likeness (QED) is 0.423. The SMILES string of the molecule is C=C1C[C@@]23CC[C@H]4[C@@](C)(/C(=N/O)CC[C@@]4(C)C(=O)O)[C@@H]2CC[C@H]1C3. The standard InChI is InChI=1S/C20H29NO3/c1-12-10-20-9-6-14-18(2,17(22)23)8-7-16(21-24)19(14,3)15(20)5-4-13(12)11-20/h13-15,24H,1,4-11H2,2-3H3,(H,22,23)/b21-16+/t13-,14+,15-,18+,19+,20+/m0/s1. The van der Waals surface area contributed by atoms with Gasteiger partial charge in [0.25, 0.3) is 0 Å². The zero-order valence-corrected chi connectivity index (χ0v) is 14.8. The van der Waals surface area contributed by atoms with E-state index >= 15 is 0 Å². The smallest absolute Gasteiger partial charge is 0.309 e. The summed E-state index contributed by atoms with van der Waals surface area (Å²) in [6, 6.07) is 0. The van der Waals surface area contributed by atoms with Crippen molar-refractivity contribution in [2.75, 3.05) is 0 Å². The molecule has 0 radical (unpaired) electrons. The highest BCUT2D eigenvalue weighted by Crippen LogP contribution is 2.71. The Morgan fingerprint density at radius 2 is 1.96 bits per heavy atom. The lowest BCUT2D eigenvalue weighted by Crippen LogP contribution is -2.62. The molecule has 0 saturated heterocycles. The van der Waals surface area contributed by atoms with Gasteiger partial charge < -0.3 is 10.3 Å². The number of hydrogen-bond donors (Lipinski definition) is 2. The van der Waals surface area contributed by atoms with E-state index in [1.54, 1.807) is 0 Å². The molecular formula is C20H29NO3. The van der Waals surface area contributed by atoms with Gasteiger partial charge in [0.15, 0.2) is 0 Å². The molecule has 0 aromatic heterocycles. The molecule has 0 aromatic rings. The van der Waals surface area contributed by atoms with Gasteiger partial charge in [0.05, 0.1) is 11.1 Å². The molecule has 6 atom stereocenters. The first-order valence-corrected chi connectivity index (χ1v) is 9.40. The summed E-state index contributed by atoms with van der Waals surface area (Å²) in [6.07, 6.45) is 7.79. The zero-order valence-electron chi connectivity index (χ0n) is 14.8. The highest BCUT2D eigenvalue weighted by molar-refractivity contribution is 5.93. The van der Waals surface area contributed by atoms with Gasteiger partial charge >= 0.3 is 5.97 Å². The van der Waals surface area contributed by atoms with Gasteiger partial charge in [-0.3, -0.25) is 4.79 Å². The Morgan fingerprint density at radius 1 is 1.21 bits per heavy atom. The first-order chi connectivity index (χ1) is 11.3. The van der Waals surface area contributed by atoms with E-state index in [1.807, 2.05) is 6.92 Å². The Kier molecular flexibility index (Phi) is 3.27. The number of aliphatic carboxylic acids is 1. The maximum absolute atomic E-state index is 12.1. The maximum Gasteiger partial charge on any atom is 0.309 e. The third kappa shape index (κ3) is 1.75. The lowest BCUT2D eigenvalue weighted by Gasteiger charge is -2.63. The average molecular weight is 331 g/mol. The summed E-state index contributed by atoms with van der Waals surface area (Å²) < 4.78 is 0. The fourth-order valence-electron chi connectivity index (χ4n) is 7.44. The molecular weight excluding hydrogens is 302 g/mol. The van der Waals surface area contributed by atoms with Gasteiger partial charge in [-0.2, -0.15) is 0 Å². The van der Waals surface area contributed by atoms with Crippen molar-refractivity contribution in [2.45, 2.75) is 65.2 Å². The molecule has 4 fully saturated rings. The number of oxime groups is 1. The van der Waals surface area contributed by atoms with Crippen molar-refractivity contribution in [2.24, 2.45) is 39.2 Å². The lowest BCUT2D eigenvalue weighted by atomic mass is 9.40. The van der Waals surface area contributed by atoms with Crippen molar-refractivity contribution >= 4 is 11.7 Å². The first kappa shape index (κ1) is 16.2. The van der Waals surface area contributed by atoms with Crippen molar-refractivity contribution in [3.63, 3.8) is 0 Å². The number of nitrogens with zero attached hydrogens (tertiary/aromatic N) is 1. The largest absolute Gasteiger partial charge is 0.481 e. The summed E-state index contributed by atoms with van der Waals surface area (Å²) in [5.74, 6) is 0.453. The molecule has 4 rings (SSSR count). The minimum Gasteiger partial charge on any atom is -0.481 e. The fourth-order valence-corrected chi connectivity index (χ4v) is 7.44. The molecule has 132 valence electrons. The van der Waals surface area contributed by atoms with Gasteiger partial charge in [0.2, 0.25) is 0 Å². The second kappa shape index (κ2) is 4.86. The van der Waals surface area contributed by atoms with Crippen LogP contribution in [0.5, 0.6) is 0 Å². The summed E-state index contributed by atoms with van der Waals surface area (Å²) in [6.45, 7) is 8.46. The van der Waals surface area contributed by atoms with Gasteiger partial charge in [-0.05, 0) is 81.5 Å². The molecule has 24 heavy (non-hydrogen) atoms. The molecule has 4 nitrogen and oxygen atoms in total. The topological polar surface area (TPSA) is 69.9 Å². The van der Waals surface area contributed by atoms with E-state index in [-0.39, 0.29) is 16.7 Å². The Labute approximate surface area is 144 Å². The van der Waals surface area contributed by atoms with Crippen molar-refractivity contribution in [1.29, 1.82) is 0 Å². The summed E-state index contributed by atoms with van der Waals surface area (Å²) in [4.78, 5) is 12.1. The molecule has 4 heteroatoms. The molecule has 4 aliphatic carbocycles. The average Bonchev–Trinajstić information content (AvgIpc) is 2.76. The van der Waals surface area contributed by atoms with E-state index in [9.17, 15) is 15.1 Å². The van der Waals surface area contributed by atoms with Gasteiger partial charge in [-0.15, -0.1) is 0 Å². The van der Waals surface area contributed by atoms with Crippen LogP contribution in [0.25, 0.3) is 0 Å². The van der Waals surface area contributed by atoms with Crippen LogP contribution in [0.4, 0.5) is 0 Å². The molecule has 0 amide bonds. The van der Waals surface area contributed by atoms with Crippen LogP contribution in [0.15, 0.2) is 17.3 Å². The van der Waals surface area contributed by atoms with Crippen LogP contribution in [-0.2, 0) is 4.79 Å². The van der Waals surface area contributed by atoms with Crippen LogP contribution in [0.2, 0.25) is 0 Å². The van der Waals surface area contributed by atoms with Crippen molar-refractivity contribution < 1.29 is 15.1 Å². The van der Waals surface area contributed by atoms with Crippen LogP contribution in [0.3, 0.4) is 0 Å². The van der Waals surface area contributed by atoms with Crippen LogP contribution in [0.1, 0.15) is 65.2 Å². The van der Waals surface area contributed by atoms with Crippen molar-refractivity contribution in [3.05, 3.63) is 12.2 Å². The minimum absolute atomic E-state index is 0.0585. The normalized spacial score (nSPS) is 52.0. The van der Waals surface area contributed by atoms with Crippen LogP contribution >= 0.6 is 0 Å². The highest BCUT2D eigenvalue weighted by atomic mass is 16.4. The van der Waals surface area contributed by atoms with E-state index in [0.29, 0.717) is 24.7 Å². The van der Waals surface area contributed by atoms with E-state index < -0.39 is 11.4 Å². The molecule has 1 spiro atoms. The summed E-state index contributed by atoms with van der Waals surface area (Å²) in [5.41, 5.74) is 1.51. The number of hydrogen-bond acceptors (Lipinski definition) is 3. The van der Waals surface area contributed by atoms with E-state index in [4.69, 9.17) is 0 Å². The Morgan fingerprint density at radius 3 is 2.62 bits per heavy atom. The second-order valence-corrected chi connectivity index (χ2v) is 9.37. The molecule has 0 aliphatic heterocycles. The number of carbonyl (C=O) groups is 1. The predicted molar refractivity (Wildman–Crippen MR) is 92.1 cm³/mol. The third-order valence-corrected chi connectivity index (χ3v) is 8.61. The second-order valence-electron chi connectivity index (χ2n) is 9.37. The molecule has 4 aliphatic rings. The highest BCUT2D eigenvalue weighted by Gasteiger charge is 2.67. The summed E-state index contributed by atoms with van der Waals surface area (Å²) >= 11 is 0. The lowest BCUT2D eigenvalue weighted by molar-refractivity contribution is -0.165. The fraction of sp³-hybridized carbons (Fsp3) is 0.800. The van der Waals surface area contributed by atoms with E-state index in [2.05, 4.69) is 18.7 Å². The number of allylic oxidation sites excluding steroid dienone is 1. The third-order valence-electron chi connectivity index (χ3n) is 8.61. The molecule has 2 N–H and O–H groups in total. The Balaban J connectivity index is 1.83. The van der Waals surface area contributed by atoms with Gasteiger partial charge in [-0.1, -0.05) is 24.2 Å². The molecule has 4 saturated carbocycles. The monoisotopic (exact) mass is 331 g/mol. The minimum atomic E-state index is -0.711. The van der Waals surface area contributed by atoms with Crippen molar-refractivity contribution in [1.82, 2.24) is 0 Å². The molecule has 0 unspecified atom stereocenters. The molecule has 2 bridgehead atoms. The van der Waals surface area contributed by atoms with Gasteiger partial charge in [0.1, 0.15) is 0 Å². The van der Waals surface area contributed by atoms with Crippen molar-refractivity contribution in [3.8, 4) is 0 Å². The molecule has 0 aromatic carbocycles. The van der Waals surface area contributed by atoms with Crippen LogP contribution < -0.4 is 0 Å². The zero-order chi connectivity index (χ0) is 17.3. The molecule has 0 heterocycles. The van der Waals surface area contributed by atoms with Gasteiger partial charge in [-0.25, -0.2) is 0 Å². The van der Waals surface area contributed by atoms with E-state index in [0.717, 1.165) is 37.8 Å². The predicted octanol–water partition coefficient (Wildman–Crippen LogP) is 4.48. The number of fused-ring (bicyclic) bond motifs is 3. The number of carboxylic acid groups (broad SMARTS) is 1. The summed E-state index contributed by atoms with van der Waals surface area (Å²) in [5, 5.41) is 23.4. The number of carboxylic acids is 1. The summed E-state index contributed by atoms with van der Waals surface area (Å²) in [7, 11) is 0. The maximum atomic E-state index is 12.1. The Bertz CT molecular complexity index is 641. The Hall–Kier alpha value is -1.32. The van der Waals surface area contributed by atoms with E-state index in [1.165, 1.54) is 12.0 Å². The first-order valence-electron chi connectivity index (χ1n) is 9.40. The number of rotatable bonds is 1. The van der Waals surface area contributed by atoms with Crippen LogP contribution in [-0.4, -0.2) is 22.0 Å². The van der Waals surface area contributed by atoms with Crippen LogP contribution in [0, 0.1) is 34.0 Å². The van der Waals surface area contributed by atoms with Gasteiger partial charge in [0, 0.05) is 5.41 Å².